The van der Waals surface area contributed by atoms with E-state index in [0.29, 0.717) is 6.42 Å². The maximum Gasteiger partial charge on any atom is 0.0664 e. The van der Waals surface area contributed by atoms with Crippen LogP contribution in [0.15, 0.2) is 30.3 Å². The summed E-state index contributed by atoms with van der Waals surface area (Å²) in [7, 11) is 1.96. The van der Waals surface area contributed by atoms with Crippen molar-refractivity contribution < 1.29 is 5.11 Å². The third-order valence-electron chi connectivity index (χ3n) is 4.45. The summed E-state index contributed by atoms with van der Waals surface area (Å²) in [5.41, 5.74) is 4.95. The Balaban J connectivity index is 1.77. The number of aliphatic hydroxyl groups is 1. The average molecular weight is 270 g/mol. The molecule has 1 heterocycles. The van der Waals surface area contributed by atoms with Gasteiger partial charge in [0.25, 0.3) is 0 Å². The predicted octanol–water partition coefficient (Wildman–Crippen LogP) is 2.62. The summed E-state index contributed by atoms with van der Waals surface area (Å²) >= 11 is 0. The highest BCUT2D eigenvalue weighted by molar-refractivity contribution is 5.36. The van der Waals surface area contributed by atoms with E-state index in [4.69, 9.17) is 0 Å². The molecular formula is C17H22N2O. The topological polar surface area (TPSA) is 38.0 Å². The lowest BCUT2D eigenvalue weighted by molar-refractivity contribution is 0.141. The number of hydrogen-bond donors (Lipinski definition) is 1. The summed E-state index contributed by atoms with van der Waals surface area (Å²) in [5, 5.41) is 15.1. The van der Waals surface area contributed by atoms with Crippen LogP contribution in [0.1, 0.15) is 41.8 Å². The van der Waals surface area contributed by atoms with E-state index in [9.17, 15) is 5.11 Å². The molecule has 1 aliphatic carbocycles. The first-order chi connectivity index (χ1) is 9.69. The van der Waals surface area contributed by atoms with Gasteiger partial charge in [-0.2, -0.15) is 5.10 Å². The maximum absolute atomic E-state index is 10.6. The van der Waals surface area contributed by atoms with Crippen LogP contribution >= 0.6 is 0 Å². The number of aromatic nitrogens is 2. The second-order valence-electron chi connectivity index (χ2n) is 5.72. The van der Waals surface area contributed by atoms with Gasteiger partial charge in [0.05, 0.1) is 11.8 Å². The molecule has 0 radical (unpaired) electrons. The Morgan fingerprint density at radius 1 is 1.40 bits per heavy atom. The Hall–Kier alpha value is -1.61. The fourth-order valence-electron chi connectivity index (χ4n) is 3.28. The number of benzene rings is 1. The third kappa shape index (κ3) is 2.38. The van der Waals surface area contributed by atoms with Gasteiger partial charge in [0, 0.05) is 25.1 Å². The largest absolute Gasteiger partial charge is 0.392 e. The predicted molar refractivity (Wildman–Crippen MR) is 79.8 cm³/mol. The van der Waals surface area contributed by atoms with E-state index in [1.807, 2.05) is 11.7 Å². The molecule has 1 aliphatic rings. The fourth-order valence-corrected chi connectivity index (χ4v) is 3.28. The molecule has 1 aromatic carbocycles. The van der Waals surface area contributed by atoms with E-state index >= 15 is 0 Å². The van der Waals surface area contributed by atoms with Crippen LogP contribution in [-0.4, -0.2) is 21.0 Å². The Kier molecular flexibility index (Phi) is 3.62. The van der Waals surface area contributed by atoms with E-state index in [1.165, 1.54) is 11.1 Å². The highest BCUT2D eigenvalue weighted by atomic mass is 16.3. The van der Waals surface area contributed by atoms with Gasteiger partial charge in [-0.3, -0.25) is 4.68 Å². The number of aliphatic hydroxyl groups excluding tert-OH is 1. The zero-order valence-electron chi connectivity index (χ0n) is 12.2. The minimum atomic E-state index is -0.321. The van der Waals surface area contributed by atoms with E-state index in [1.54, 1.807) is 0 Å². The molecule has 1 N–H and O–H groups in total. The van der Waals surface area contributed by atoms with Crippen molar-refractivity contribution in [2.24, 2.45) is 7.05 Å². The first kappa shape index (κ1) is 13.4. The van der Waals surface area contributed by atoms with Gasteiger partial charge in [0.15, 0.2) is 0 Å². The van der Waals surface area contributed by atoms with Crippen molar-refractivity contribution in [1.82, 2.24) is 9.78 Å². The number of aryl methyl sites for hydroxylation is 3. The Bertz CT molecular complexity index is 603. The monoisotopic (exact) mass is 270 g/mol. The van der Waals surface area contributed by atoms with Crippen molar-refractivity contribution in [3.05, 3.63) is 52.8 Å². The molecule has 0 saturated heterocycles. The third-order valence-corrected chi connectivity index (χ3v) is 4.45. The molecule has 3 rings (SSSR count). The van der Waals surface area contributed by atoms with Crippen LogP contribution in [0.25, 0.3) is 0 Å². The van der Waals surface area contributed by atoms with E-state index < -0.39 is 0 Å². The standard InChI is InChI=1S/C17H22N2O/c1-3-13-10-14(19(2)18-13)11-17(20)16-9-8-12-6-4-5-7-15(12)16/h4-7,10,16-17,20H,3,8-9,11H2,1-2H3. The molecule has 0 aliphatic heterocycles. The summed E-state index contributed by atoms with van der Waals surface area (Å²) < 4.78 is 1.91. The quantitative estimate of drug-likeness (QED) is 0.927. The first-order valence-corrected chi connectivity index (χ1v) is 7.46. The normalized spacial score (nSPS) is 19.1. The molecule has 2 aromatic rings. The molecule has 2 atom stereocenters. The molecule has 1 aromatic heterocycles. The second kappa shape index (κ2) is 5.41. The first-order valence-electron chi connectivity index (χ1n) is 7.46. The Labute approximate surface area is 120 Å². The van der Waals surface area contributed by atoms with Gasteiger partial charge in [-0.25, -0.2) is 0 Å². The zero-order valence-corrected chi connectivity index (χ0v) is 12.2. The van der Waals surface area contributed by atoms with E-state index in [2.05, 4.69) is 42.4 Å². The van der Waals surface area contributed by atoms with Crippen LogP contribution in [0.4, 0.5) is 0 Å². The molecule has 106 valence electrons. The van der Waals surface area contributed by atoms with Gasteiger partial charge in [-0.15, -0.1) is 0 Å². The zero-order chi connectivity index (χ0) is 14.1. The number of nitrogens with zero attached hydrogens (tertiary/aromatic N) is 2. The van der Waals surface area contributed by atoms with Crippen LogP contribution in [0, 0.1) is 0 Å². The van der Waals surface area contributed by atoms with Gasteiger partial charge in [-0.05, 0) is 36.5 Å². The number of fused-ring (bicyclic) bond motifs is 1. The van der Waals surface area contributed by atoms with Crippen molar-refractivity contribution in [2.75, 3.05) is 0 Å². The average Bonchev–Trinajstić information content (AvgIpc) is 3.03. The fraction of sp³-hybridized carbons (Fsp3) is 0.471. The van der Waals surface area contributed by atoms with Gasteiger partial charge in [0.1, 0.15) is 0 Å². The van der Waals surface area contributed by atoms with Crippen LogP contribution in [-0.2, 0) is 26.3 Å². The van der Waals surface area contributed by atoms with Gasteiger partial charge < -0.3 is 5.11 Å². The second-order valence-corrected chi connectivity index (χ2v) is 5.72. The molecule has 0 spiro atoms. The van der Waals surface area contributed by atoms with E-state index in [0.717, 1.165) is 30.7 Å². The lowest BCUT2D eigenvalue weighted by Gasteiger charge is -2.19. The van der Waals surface area contributed by atoms with Crippen LogP contribution in [0.3, 0.4) is 0 Å². The van der Waals surface area contributed by atoms with Crippen molar-refractivity contribution in [3.8, 4) is 0 Å². The molecule has 0 saturated carbocycles. The van der Waals surface area contributed by atoms with E-state index in [-0.39, 0.29) is 12.0 Å². The molecule has 0 fully saturated rings. The maximum atomic E-state index is 10.6. The SMILES string of the molecule is CCc1cc(CC(O)C2CCc3ccccc32)n(C)n1. The summed E-state index contributed by atoms with van der Waals surface area (Å²) in [5.74, 6) is 0.270. The molecular weight excluding hydrogens is 248 g/mol. The van der Waals surface area contributed by atoms with Crippen LogP contribution in [0.5, 0.6) is 0 Å². The lowest BCUT2D eigenvalue weighted by Crippen LogP contribution is -2.20. The van der Waals surface area contributed by atoms with Crippen molar-refractivity contribution in [3.63, 3.8) is 0 Å². The summed E-state index contributed by atoms with van der Waals surface area (Å²) in [6.45, 7) is 2.11. The minimum absolute atomic E-state index is 0.270. The van der Waals surface area contributed by atoms with Crippen molar-refractivity contribution >= 4 is 0 Å². The molecule has 3 heteroatoms. The molecule has 0 amide bonds. The highest BCUT2D eigenvalue weighted by Gasteiger charge is 2.28. The van der Waals surface area contributed by atoms with Crippen LogP contribution < -0.4 is 0 Å². The molecule has 0 bridgehead atoms. The minimum Gasteiger partial charge on any atom is -0.392 e. The van der Waals surface area contributed by atoms with Crippen molar-refractivity contribution in [1.29, 1.82) is 0 Å². The number of hydrogen-bond acceptors (Lipinski definition) is 2. The molecule has 3 nitrogen and oxygen atoms in total. The summed E-state index contributed by atoms with van der Waals surface area (Å²) in [6, 6.07) is 10.6. The highest BCUT2D eigenvalue weighted by Crippen LogP contribution is 2.36. The Morgan fingerprint density at radius 2 is 2.20 bits per heavy atom. The van der Waals surface area contributed by atoms with Crippen molar-refractivity contribution in [2.45, 2.75) is 44.6 Å². The molecule has 20 heavy (non-hydrogen) atoms. The van der Waals surface area contributed by atoms with Gasteiger partial charge >= 0.3 is 0 Å². The lowest BCUT2D eigenvalue weighted by atomic mass is 9.92. The summed E-state index contributed by atoms with van der Waals surface area (Å²) in [4.78, 5) is 0. The van der Waals surface area contributed by atoms with Crippen LogP contribution in [0.2, 0.25) is 0 Å². The van der Waals surface area contributed by atoms with Gasteiger partial charge in [-0.1, -0.05) is 31.2 Å². The van der Waals surface area contributed by atoms with Gasteiger partial charge in [0.2, 0.25) is 0 Å². The number of rotatable bonds is 4. The Morgan fingerprint density at radius 3 is 2.95 bits per heavy atom. The smallest absolute Gasteiger partial charge is 0.0664 e. The summed E-state index contributed by atoms with van der Waals surface area (Å²) in [6.07, 6.45) is 3.44. The molecule has 2 unspecified atom stereocenters.